The molecule has 0 saturated heterocycles. The highest BCUT2D eigenvalue weighted by atomic mass is 35.5. The summed E-state index contributed by atoms with van der Waals surface area (Å²) in [6.07, 6.45) is 0.728. The van der Waals surface area contributed by atoms with E-state index in [2.05, 4.69) is 15.5 Å². The van der Waals surface area contributed by atoms with Gasteiger partial charge in [0, 0.05) is 10.7 Å². The smallest absolute Gasteiger partial charge is 0.278 e. The number of anilines is 1. The minimum Gasteiger partial charge on any atom is -0.321 e. The molecule has 29 heavy (non-hydrogen) atoms. The molecule has 0 spiro atoms. The Morgan fingerprint density at radius 1 is 1.10 bits per heavy atom. The summed E-state index contributed by atoms with van der Waals surface area (Å²) in [5.74, 6) is -0.316. The zero-order chi connectivity index (χ0) is 20.5. The van der Waals surface area contributed by atoms with E-state index < -0.39 is 0 Å². The highest BCUT2D eigenvalue weighted by Gasteiger charge is 2.21. The van der Waals surface area contributed by atoms with Gasteiger partial charge in [-0.05, 0) is 55.7 Å². The number of halogens is 1. The number of carbonyl (C=O) groups is 1. The topological polar surface area (TPSA) is 72.2 Å². The quantitative estimate of drug-likeness (QED) is 0.525. The molecule has 7 heteroatoms. The van der Waals surface area contributed by atoms with Crippen LogP contribution in [0.4, 0.5) is 5.69 Å². The molecule has 0 fully saturated rings. The van der Waals surface area contributed by atoms with Crippen molar-refractivity contribution in [2.24, 2.45) is 0 Å². The van der Waals surface area contributed by atoms with Gasteiger partial charge in [0.05, 0.1) is 17.0 Å². The molecular weight excluding hydrogens is 386 g/mol. The predicted octanol–water partition coefficient (Wildman–Crippen LogP) is 4.88. The summed E-state index contributed by atoms with van der Waals surface area (Å²) >= 11 is 6.03. The molecule has 2 heterocycles. The Labute approximate surface area is 173 Å². The lowest BCUT2D eigenvalue weighted by atomic mass is 10.0. The summed E-state index contributed by atoms with van der Waals surface area (Å²) in [4.78, 5) is 12.8. The zero-order valence-corrected chi connectivity index (χ0v) is 17.2. The van der Waals surface area contributed by atoms with E-state index in [0.717, 1.165) is 28.8 Å². The number of nitrogens with zero attached hydrogens (tertiary/aromatic N) is 4. The van der Waals surface area contributed by atoms with Gasteiger partial charge < -0.3 is 5.32 Å². The fourth-order valence-electron chi connectivity index (χ4n) is 3.33. The highest BCUT2D eigenvalue weighted by Crippen LogP contribution is 2.29. The predicted molar refractivity (Wildman–Crippen MR) is 114 cm³/mol. The fraction of sp³-hybridized carbons (Fsp3) is 0.182. The number of hydrogen-bond acceptors (Lipinski definition) is 4. The largest absolute Gasteiger partial charge is 0.321 e. The van der Waals surface area contributed by atoms with Crippen LogP contribution < -0.4 is 5.32 Å². The van der Waals surface area contributed by atoms with Gasteiger partial charge in [0.2, 0.25) is 0 Å². The molecule has 0 atom stereocenters. The van der Waals surface area contributed by atoms with Crippen LogP contribution in [0.2, 0.25) is 5.02 Å². The Kier molecular flexibility index (Phi) is 5.03. The number of amides is 1. The van der Waals surface area contributed by atoms with Crippen LogP contribution in [0.25, 0.3) is 16.8 Å². The van der Waals surface area contributed by atoms with Gasteiger partial charge in [-0.25, -0.2) is 4.52 Å². The summed E-state index contributed by atoms with van der Waals surface area (Å²) in [6, 6.07) is 15.2. The van der Waals surface area contributed by atoms with Crippen LogP contribution in [0.3, 0.4) is 0 Å². The molecule has 0 saturated carbocycles. The molecule has 4 rings (SSSR count). The maximum atomic E-state index is 12.8. The van der Waals surface area contributed by atoms with Crippen LogP contribution in [0.15, 0.2) is 48.5 Å². The lowest BCUT2D eigenvalue weighted by Crippen LogP contribution is -2.18. The number of nitrogens with one attached hydrogen (secondary N) is 1. The highest BCUT2D eigenvalue weighted by molar-refractivity contribution is 6.30. The lowest BCUT2D eigenvalue weighted by Gasteiger charge is -2.08. The van der Waals surface area contributed by atoms with Gasteiger partial charge in [-0.3, -0.25) is 4.79 Å². The average Bonchev–Trinajstić information content (AvgIpc) is 3.08. The number of hydrogen-bond donors (Lipinski definition) is 1. The van der Waals surface area contributed by atoms with Crippen molar-refractivity contribution in [3.63, 3.8) is 0 Å². The maximum Gasteiger partial charge on any atom is 0.278 e. The number of benzene rings is 2. The van der Waals surface area contributed by atoms with Crippen molar-refractivity contribution in [3.8, 4) is 11.1 Å². The van der Waals surface area contributed by atoms with Crippen molar-refractivity contribution in [2.75, 3.05) is 5.32 Å². The first kappa shape index (κ1) is 19.1. The number of carbonyl (C=O) groups excluding carboxylic acids is 1. The van der Waals surface area contributed by atoms with Crippen molar-refractivity contribution in [1.29, 1.82) is 0 Å². The SMILES string of the molecule is CCc1nn2c(C)c(C(=O)Nc3cccc(C)c3)nnc2c1-c1ccc(Cl)cc1. The summed E-state index contributed by atoms with van der Waals surface area (Å²) in [5.41, 5.74) is 6.04. The minimum absolute atomic E-state index is 0.242. The van der Waals surface area contributed by atoms with Gasteiger partial charge in [-0.1, -0.05) is 42.8 Å². The monoisotopic (exact) mass is 405 g/mol. The third-order valence-corrected chi connectivity index (χ3v) is 5.05. The van der Waals surface area contributed by atoms with Crippen LogP contribution in [0.5, 0.6) is 0 Å². The zero-order valence-electron chi connectivity index (χ0n) is 16.4. The van der Waals surface area contributed by atoms with E-state index in [9.17, 15) is 4.79 Å². The second-order valence-electron chi connectivity index (χ2n) is 6.88. The lowest BCUT2D eigenvalue weighted by molar-refractivity contribution is 0.102. The number of aromatic nitrogens is 4. The van der Waals surface area contributed by atoms with Crippen molar-refractivity contribution in [1.82, 2.24) is 19.8 Å². The molecule has 1 amide bonds. The molecule has 146 valence electrons. The van der Waals surface area contributed by atoms with Crippen LogP contribution in [0.1, 0.15) is 34.4 Å². The summed E-state index contributed by atoms with van der Waals surface area (Å²) in [5, 5.41) is 16.8. The molecule has 0 aliphatic rings. The molecule has 0 aliphatic heterocycles. The average molecular weight is 406 g/mol. The first-order chi connectivity index (χ1) is 14.0. The van der Waals surface area contributed by atoms with Crippen LogP contribution in [-0.4, -0.2) is 25.7 Å². The van der Waals surface area contributed by atoms with E-state index >= 15 is 0 Å². The van der Waals surface area contributed by atoms with Gasteiger partial charge >= 0.3 is 0 Å². The third-order valence-electron chi connectivity index (χ3n) is 4.80. The van der Waals surface area contributed by atoms with Crippen molar-refractivity contribution < 1.29 is 4.79 Å². The van der Waals surface area contributed by atoms with Gasteiger partial charge in [-0.2, -0.15) is 5.10 Å². The molecule has 0 radical (unpaired) electrons. The summed E-state index contributed by atoms with van der Waals surface area (Å²) in [7, 11) is 0. The Bertz CT molecular complexity index is 1210. The number of rotatable bonds is 4. The van der Waals surface area contributed by atoms with Crippen molar-refractivity contribution in [3.05, 3.63) is 76.2 Å². The summed E-state index contributed by atoms with van der Waals surface area (Å²) in [6.45, 7) is 5.83. The Balaban J connectivity index is 1.78. The molecule has 0 unspecified atom stereocenters. The van der Waals surface area contributed by atoms with Gasteiger partial charge in [0.25, 0.3) is 5.91 Å². The first-order valence-corrected chi connectivity index (χ1v) is 9.74. The van der Waals surface area contributed by atoms with E-state index in [1.165, 1.54) is 0 Å². The minimum atomic E-state index is -0.316. The molecule has 0 aliphatic carbocycles. The van der Waals surface area contributed by atoms with Crippen molar-refractivity contribution in [2.45, 2.75) is 27.2 Å². The Morgan fingerprint density at radius 2 is 1.86 bits per heavy atom. The normalized spacial score (nSPS) is 11.0. The molecular formula is C22H20ClN5O. The fourth-order valence-corrected chi connectivity index (χ4v) is 3.46. The molecule has 2 aromatic carbocycles. The van der Waals surface area contributed by atoms with E-state index in [-0.39, 0.29) is 11.6 Å². The first-order valence-electron chi connectivity index (χ1n) is 9.36. The van der Waals surface area contributed by atoms with Gasteiger partial charge in [0.15, 0.2) is 11.3 Å². The second-order valence-corrected chi connectivity index (χ2v) is 7.31. The van der Waals surface area contributed by atoms with Gasteiger partial charge in [0.1, 0.15) is 0 Å². The molecule has 1 N–H and O–H groups in total. The third kappa shape index (κ3) is 3.59. The molecule has 2 aromatic heterocycles. The maximum absolute atomic E-state index is 12.8. The van der Waals surface area contributed by atoms with Crippen LogP contribution in [-0.2, 0) is 6.42 Å². The van der Waals surface area contributed by atoms with Crippen molar-refractivity contribution >= 4 is 28.8 Å². The Morgan fingerprint density at radius 3 is 2.55 bits per heavy atom. The van der Waals surface area contributed by atoms with Crippen LogP contribution in [0, 0.1) is 13.8 Å². The Hall–Kier alpha value is -3.25. The number of fused-ring (bicyclic) bond motifs is 1. The molecule has 6 nitrogen and oxygen atoms in total. The van der Waals surface area contributed by atoms with E-state index in [1.54, 1.807) is 4.52 Å². The number of aryl methyl sites for hydroxylation is 3. The van der Waals surface area contributed by atoms with Crippen LogP contribution >= 0.6 is 11.6 Å². The molecule has 0 bridgehead atoms. The van der Waals surface area contributed by atoms with E-state index in [1.807, 2.05) is 69.3 Å². The second kappa shape index (κ2) is 7.64. The molecule has 4 aromatic rings. The van der Waals surface area contributed by atoms with Gasteiger partial charge in [-0.15, -0.1) is 10.2 Å². The van der Waals surface area contributed by atoms with E-state index in [0.29, 0.717) is 22.1 Å². The summed E-state index contributed by atoms with van der Waals surface area (Å²) < 4.78 is 1.70. The standard InChI is InChI=1S/C22H20ClN5O/c1-4-18-19(15-8-10-16(23)11-9-15)21-26-25-20(14(3)28(21)27-18)22(29)24-17-7-5-6-13(2)12-17/h5-12H,4H2,1-3H3,(H,24,29). The van der Waals surface area contributed by atoms with E-state index in [4.69, 9.17) is 16.7 Å².